The number of rotatable bonds is 13. The fourth-order valence-electron chi connectivity index (χ4n) is 2.57. The van der Waals surface area contributed by atoms with Crippen molar-refractivity contribution in [1.82, 2.24) is 5.43 Å². The summed E-state index contributed by atoms with van der Waals surface area (Å²) >= 11 is 3.42. The number of carbonyl (C=O) groups is 1. The van der Waals surface area contributed by atoms with E-state index in [4.69, 9.17) is 14.2 Å². The van der Waals surface area contributed by atoms with Gasteiger partial charge in [0.2, 0.25) is 0 Å². The van der Waals surface area contributed by atoms with Crippen LogP contribution >= 0.6 is 15.9 Å². The lowest BCUT2D eigenvalue weighted by Crippen LogP contribution is -2.33. The van der Waals surface area contributed by atoms with Gasteiger partial charge in [-0.15, -0.1) is 0 Å². The number of carbonyl (C=O) groups excluding carboxylic acids is 1. The average Bonchev–Trinajstić information content (AvgIpc) is 2.77. The number of hydrogen-bond acceptors (Lipinski definition) is 5. The van der Waals surface area contributed by atoms with Crippen LogP contribution in [0.1, 0.15) is 38.7 Å². The molecule has 0 fully saturated rings. The van der Waals surface area contributed by atoms with Gasteiger partial charge in [0.25, 0.3) is 5.91 Å². The van der Waals surface area contributed by atoms with Crippen molar-refractivity contribution in [3.63, 3.8) is 0 Å². The summed E-state index contributed by atoms with van der Waals surface area (Å²) in [7, 11) is 0. The molecule has 2 aromatic carbocycles. The van der Waals surface area contributed by atoms with Crippen molar-refractivity contribution >= 4 is 28.1 Å². The Morgan fingerprint density at radius 3 is 2.61 bits per heavy atom. The van der Waals surface area contributed by atoms with Crippen LogP contribution in [0.15, 0.2) is 64.7 Å². The molecule has 6 nitrogen and oxygen atoms in total. The first kappa shape index (κ1) is 24.5. The highest BCUT2D eigenvalue weighted by Gasteiger charge is 2.14. The second-order valence-corrected chi connectivity index (χ2v) is 7.72. The molecule has 1 atom stereocenters. The van der Waals surface area contributed by atoms with Gasteiger partial charge < -0.3 is 14.2 Å². The summed E-state index contributed by atoms with van der Waals surface area (Å²) in [4.78, 5) is 12.3. The van der Waals surface area contributed by atoms with E-state index < -0.39 is 6.10 Å². The summed E-state index contributed by atoms with van der Waals surface area (Å²) in [6.07, 6.45) is 5.82. The molecule has 7 heteroatoms. The fraction of sp³-hybridized carbons (Fsp3) is 0.333. The topological polar surface area (TPSA) is 69.2 Å². The fourth-order valence-corrected chi connectivity index (χ4v) is 2.95. The van der Waals surface area contributed by atoms with E-state index in [1.807, 2.05) is 30.3 Å². The average molecular weight is 489 g/mol. The van der Waals surface area contributed by atoms with Gasteiger partial charge in [0.1, 0.15) is 23.9 Å². The third-order valence-corrected chi connectivity index (χ3v) is 4.72. The molecule has 0 aliphatic heterocycles. The summed E-state index contributed by atoms with van der Waals surface area (Å²) in [6.45, 7) is 8.54. The van der Waals surface area contributed by atoms with Gasteiger partial charge in [0.05, 0.1) is 12.8 Å². The first-order valence-electron chi connectivity index (χ1n) is 10.3. The van der Waals surface area contributed by atoms with Gasteiger partial charge >= 0.3 is 0 Å². The lowest BCUT2D eigenvalue weighted by Gasteiger charge is -2.13. The molecule has 0 heterocycles. The Morgan fingerprint density at radius 1 is 1.16 bits per heavy atom. The third kappa shape index (κ3) is 8.84. The van der Waals surface area contributed by atoms with Crippen LogP contribution in [0.5, 0.6) is 17.2 Å². The van der Waals surface area contributed by atoms with Crippen LogP contribution in [0.3, 0.4) is 0 Å². The molecule has 0 radical (unpaired) electrons. The van der Waals surface area contributed by atoms with Crippen LogP contribution in [-0.2, 0) is 4.79 Å². The van der Waals surface area contributed by atoms with E-state index in [0.717, 1.165) is 35.0 Å². The zero-order valence-electron chi connectivity index (χ0n) is 18.0. The van der Waals surface area contributed by atoms with Crippen LogP contribution in [-0.4, -0.2) is 31.4 Å². The van der Waals surface area contributed by atoms with Crippen LogP contribution in [0.4, 0.5) is 0 Å². The largest absolute Gasteiger partial charge is 0.494 e. The molecule has 0 saturated heterocycles. The van der Waals surface area contributed by atoms with Crippen molar-refractivity contribution in [2.75, 3.05) is 13.2 Å². The minimum Gasteiger partial charge on any atom is -0.494 e. The van der Waals surface area contributed by atoms with E-state index >= 15 is 0 Å². The van der Waals surface area contributed by atoms with Gasteiger partial charge in [-0.25, -0.2) is 5.43 Å². The van der Waals surface area contributed by atoms with Crippen molar-refractivity contribution in [3.05, 3.63) is 65.2 Å². The molecule has 0 spiro atoms. The highest BCUT2D eigenvalue weighted by Crippen LogP contribution is 2.22. The standard InChI is InChI=1S/C24H29BrN2O4/c1-4-6-7-15-29-21-9-11-22(12-10-21)31-18(3)24(28)27-26-17-19-16-20(25)8-13-23(19)30-14-5-2/h5,8-13,16-18H,2,4,6-7,14-15H2,1,3H3,(H,27,28). The summed E-state index contributed by atoms with van der Waals surface area (Å²) in [5.74, 6) is 1.65. The molecular formula is C24H29BrN2O4. The first-order chi connectivity index (χ1) is 15.0. The van der Waals surface area contributed by atoms with Crippen LogP contribution in [0.25, 0.3) is 0 Å². The minimum absolute atomic E-state index is 0.361. The molecule has 0 saturated carbocycles. The number of hydrazone groups is 1. The van der Waals surface area contributed by atoms with Gasteiger partial charge in [-0.2, -0.15) is 5.10 Å². The van der Waals surface area contributed by atoms with Crippen LogP contribution in [0.2, 0.25) is 0 Å². The summed E-state index contributed by atoms with van der Waals surface area (Å²) < 4.78 is 17.8. The third-order valence-electron chi connectivity index (χ3n) is 4.23. The predicted octanol–water partition coefficient (Wildman–Crippen LogP) is 5.50. The number of ether oxygens (including phenoxy) is 3. The normalized spacial score (nSPS) is 11.7. The molecule has 2 rings (SSSR count). The Kier molecular flexibility index (Phi) is 10.6. The molecule has 0 aromatic heterocycles. The number of amides is 1. The SMILES string of the molecule is C=CCOc1ccc(Br)cc1C=NNC(=O)C(C)Oc1ccc(OCCCCC)cc1. The molecule has 2 aromatic rings. The predicted molar refractivity (Wildman–Crippen MR) is 127 cm³/mol. The molecule has 31 heavy (non-hydrogen) atoms. The van der Waals surface area contributed by atoms with E-state index in [1.54, 1.807) is 25.1 Å². The minimum atomic E-state index is -0.715. The highest BCUT2D eigenvalue weighted by molar-refractivity contribution is 9.10. The van der Waals surface area contributed by atoms with E-state index in [1.165, 1.54) is 6.21 Å². The van der Waals surface area contributed by atoms with Gasteiger partial charge in [0, 0.05) is 10.0 Å². The Balaban J connectivity index is 1.86. The maximum absolute atomic E-state index is 12.3. The maximum Gasteiger partial charge on any atom is 0.280 e. The molecule has 1 amide bonds. The molecule has 1 N–H and O–H groups in total. The van der Waals surface area contributed by atoms with Crippen LogP contribution < -0.4 is 19.6 Å². The molecule has 166 valence electrons. The van der Waals surface area contributed by atoms with E-state index in [2.05, 4.69) is 40.0 Å². The second kappa shape index (κ2) is 13.5. The number of hydrogen-bond donors (Lipinski definition) is 1. The monoisotopic (exact) mass is 488 g/mol. The Hall–Kier alpha value is -2.80. The summed E-state index contributed by atoms with van der Waals surface area (Å²) in [5, 5.41) is 4.03. The highest BCUT2D eigenvalue weighted by atomic mass is 79.9. The summed E-state index contributed by atoms with van der Waals surface area (Å²) in [6, 6.07) is 12.8. The van der Waals surface area contributed by atoms with Crippen molar-refractivity contribution in [2.24, 2.45) is 5.10 Å². The molecule has 1 unspecified atom stereocenters. The van der Waals surface area contributed by atoms with E-state index in [-0.39, 0.29) is 5.91 Å². The van der Waals surface area contributed by atoms with Gasteiger partial charge in [-0.3, -0.25) is 4.79 Å². The smallest absolute Gasteiger partial charge is 0.280 e. The van der Waals surface area contributed by atoms with Crippen molar-refractivity contribution in [2.45, 2.75) is 39.2 Å². The zero-order chi connectivity index (χ0) is 22.5. The van der Waals surface area contributed by atoms with Gasteiger partial charge in [-0.05, 0) is 55.8 Å². The Labute approximate surface area is 192 Å². The van der Waals surface area contributed by atoms with Crippen molar-refractivity contribution in [1.29, 1.82) is 0 Å². The Bertz CT molecular complexity index is 868. The Morgan fingerprint density at radius 2 is 1.90 bits per heavy atom. The zero-order valence-corrected chi connectivity index (χ0v) is 19.6. The molecular weight excluding hydrogens is 460 g/mol. The van der Waals surface area contributed by atoms with Crippen molar-refractivity contribution < 1.29 is 19.0 Å². The quantitative estimate of drug-likeness (QED) is 0.175. The van der Waals surface area contributed by atoms with Crippen molar-refractivity contribution in [3.8, 4) is 17.2 Å². The molecule has 0 aliphatic rings. The van der Waals surface area contributed by atoms with Gasteiger partial charge in [-0.1, -0.05) is 48.4 Å². The number of benzene rings is 2. The number of nitrogens with one attached hydrogen (secondary N) is 1. The van der Waals surface area contributed by atoms with E-state index in [9.17, 15) is 4.79 Å². The first-order valence-corrected chi connectivity index (χ1v) is 11.1. The number of nitrogens with zero attached hydrogens (tertiary/aromatic N) is 1. The van der Waals surface area contributed by atoms with Crippen LogP contribution in [0, 0.1) is 0 Å². The summed E-state index contributed by atoms with van der Waals surface area (Å²) in [5.41, 5.74) is 3.22. The molecule has 0 aliphatic carbocycles. The van der Waals surface area contributed by atoms with Gasteiger partial charge in [0.15, 0.2) is 6.10 Å². The van der Waals surface area contributed by atoms with E-state index in [0.29, 0.717) is 24.7 Å². The number of halogens is 1. The lowest BCUT2D eigenvalue weighted by atomic mass is 10.2. The molecule has 0 bridgehead atoms. The number of unbranched alkanes of at least 4 members (excludes halogenated alkanes) is 2. The maximum atomic E-state index is 12.3. The lowest BCUT2D eigenvalue weighted by molar-refractivity contribution is -0.127. The second-order valence-electron chi connectivity index (χ2n) is 6.80.